The molecule has 1 saturated heterocycles. The molecule has 1 amide bonds. The summed E-state index contributed by atoms with van der Waals surface area (Å²) in [6.07, 6.45) is 2.10. The topological polar surface area (TPSA) is 58.4 Å². The summed E-state index contributed by atoms with van der Waals surface area (Å²) in [5.41, 5.74) is 8.71. The van der Waals surface area contributed by atoms with E-state index in [0.29, 0.717) is 17.3 Å². The monoisotopic (exact) mass is 295 g/mol. The van der Waals surface area contributed by atoms with Gasteiger partial charge in [0.2, 0.25) is 5.91 Å². The molecule has 4 nitrogen and oxygen atoms in total. The van der Waals surface area contributed by atoms with Crippen molar-refractivity contribution < 1.29 is 4.79 Å². The van der Waals surface area contributed by atoms with Crippen molar-refractivity contribution in [2.45, 2.75) is 32.7 Å². The first-order valence-corrected chi connectivity index (χ1v) is 7.38. The third-order valence-corrected chi connectivity index (χ3v) is 3.90. The van der Waals surface area contributed by atoms with Gasteiger partial charge in [-0.15, -0.1) is 0 Å². The molecule has 2 rings (SSSR count). The van der Waals surface area contributed by atoms with Gasteiger partial charge in [-0.1, -0.05) is 17.7 Å². The Bertz CT molecular complexity index is 481. The van der Waals surface area contributed by atoms with Crippen LogP contribution in [-0.2, 0) is 4.79 Å². The van der Waals surface area contributed by atoms with Crippen molar-refractivity contribution in [2.75, 3.05) is 25.0 Å². The van der Waals surface area contributed by atoms with Crippen LogP contribution in [0.5, 0.6) is 0 Å². The number of benzene rings is 1. The predicted octanol–water partition coefficient (Wildman–Crippen LogP) is 2.32. The Kier molecular flexibility index (Phi) is 5.02. The van der Waals surface area contributed by atoms with Gasteiger partial charge >= 0.3 is 0 Å². The summed E-state index contributed by atoms with van der Waals surface area (Å²) in [4.78, 5) is 14.2. The number of hydrogen-bond acceptors (Lipinski definition) is 3. The number of nitrogens with one attached hydrogen (secondary N) is 1. The van der Waals surface area contributed by atoms with Crippen LogP contribution >= 0.6 is 11.6 Å². The van der Waals surface area contributed by atoms with Gasteiger partial charge in [0.15, 0.2) is 0 Å². The Balaban J connectivity index is 1.98. The molecule has 1 aromatic carbocycles. The van der Waals surface area contributed by atoms with Crippen LogP contribution in [0.15, 0.2) is 12.1 Å². The van der Waals surface area contributed by atoms with Crippen molar-refractivity contribution in [3.8, 4) is 0 Å². The van der Waals surface area contributed by atoms with E-state index in [1.165, 1.54) is 0 Å². The van der Waals surface area contributed by atoms with E-state index in [1.807, 2.05) is 26.0 Å². The normalized spacial score (nSPS) is 19.9. The van der Waals surface area contributed by atoms with Gasteiger partial charge in [0.1, 0.15) is 0 Å². The van der Waals surface area contributed by atoms with Crippen LogP contribution in [0.3, 0.4) is 0 Å². The smallest absolute Gasteiger partial charge is 0.238 e. The van der Waals surface area contributed by atoms with E-state index in [2.05, 4.69) is 10.2 Å². The minimum atomic E-state index is -0.0343. The fourth-order valence-electron chi connectivity index (χ4n) is 2.69. The molecule has 1 fully saturated rings. The number of amides is 1. The number of aryl methyl sites for hydroxylation is 2. The highest BCUT2D eigenvalue weighted by Gasteiger charge is 2.19. The summed E-state index contributed by atoms with van der Waals surface area (Å²) >= 11 is 6.20. The van der Waals surface area contributed by atoms with E-state index < -0.39 is 0 Å². The maximum atomic E-state index is 12.1. The number of hydrogen-bond donors (Lipinski definition) is 2. The first-order valence-electron chi connectivity index (χ1n) is 7.00. The molecule has 0 bridgehead atoms. The highest BCUT2D eigenvalue weighted by molar-refractivity contribution is 6.34. The lowest BCUT2D eigenvalue weighted by molar-refractivity contribution is -0.117. The maximum absolute atomic E-state index is 12.1. The van der Waals surface area contributed by atoms with Crippen molar-refractivity contribution >= 4 is 23.2 Å². The van der Waals surface area contributed by atoms with Crippen LogP contribution in [0.4, 0.5) is 5.69 Å². The molecule has 0 spiro atoms. The molecule has 1 aliphatic heterocycles. The molecule has 0 aliphatic carbocycles. The highest BCUT2D eigenvalue weighted by Crippen LogP contribution is 2.27. The maximum Gasteiger partial charge on any atom is 0.238 e. The molecule has 20 heavy (non-hydrogen) atoms. The standard InChI is InChI=1S/C15H22ClN3O/c1-10-6-11(2)15(13(16)7-10)18-14(20)9-19-5-3-4-12(17)8-19/h6-7,12H,3-5,8-9,17H2,1-2H3,(H,18,20). The number of nitrogens with two attached hydrogens (primary N) is 1. The Hall–Kier alpha value is -1.10. The average molecular weight is 296 g/mol. The second kappa shape index (κ2) is 6.57. The lowest BCUT2D eigenvalue weighted by Gasteiger charge is -2.30. The summed E-state index contributed by atoms with van der Waals surface area (Å²) in [5, 5.41) is 3.50. The van der Waals surface area contributed by atoms with Gasteiger partial charge in [0, 0.05) is 12.6 Å². The number of nitrogens with zero attached hydrogens (tertiary/aromatic N) is 1. The van der Waals surface area contributed by atoms with Crippen LogP contribution in [0.25, 0.3) is 0 Å². The largest absolute Gasteiger partial charge is 0.327 e. The third-order valence-electron chi connectivity index (χ3n) is 3.61. The predicted molar refractivity (Wildman–Crippen MR) is 83.2 cm³/mol. The van der Waals surface area contributed by atoms with E-state index >= 15 is 0 Å². The van der Waals surface area contributed by atoms with Crippen molar-refractivity contribution in [1.82, 2.24) is 4.90 Å². The molecule has 3 N–H and O–H groups in total. The van der Waals surface area contributed by atoms with Crippen LogP contribution in [0.1, 0.15) is 24.0 Å². The molecule has 1 unspecified atom stereocenters. The second-order valence-electron chi connectivity index (χ2n) is 5.62. The van der Waals surface area contributed by atoms with Crippen LogP contribution in [-0.4, -0.2) is 36.5 Å². The summed E-state index contributed by atoms with van der Waals surface area (Å²) in [5.74, 6) is -0.0343. The molecular formula is C15H22ClN3O. The molecule has 1 aliphatic rings. The molecule has 1 aromatic rings. The molecule has 0 saturated carbocycles. The number of likely N-dealkylation sites (tertiary alicyclic amines) is 1. The number of carbonyl (C=O) groups is 1. The van der Waals surface area contributed by atoms with Gasteiger partial charge in [-0.05, 0) is 50.4 Å². The zero-order valence-corrected chi connectivity index (χ0v) is 12.8. The number of halogens is 1. The van der Waals surface area contributed by atoms with Crippen molar-refractivity contribution in [2.24, 2.45) is 5.73 Å². The SMILES string of the molecule is Cc1cc(C)c(NC(=O)CN2CCCC(N)C2)c(Cl)c1. The number of carbonyl (C=O) groups excluding carboxylic acids is 1. The summed E-state index contributed by atoms with van der Waals surface area (Å²) in [6, 6.07) is 4.06. The number of anilines is 1. The van der Waals surface area contributed by atoms with Crippen molar-refractivity contribution in [3.63, 3.8) is 0 Å². The zero-order valence-electron chi connectivity index (χ0n) is 12.1. The molecule has 1 atom stereocenters. The van der Waals surface area contributed by atoms with Crippen molar-refractivity contribution in [1.29, 1.82) is 0 Å². The van der Waals surface area contributed by atoms with E-state index in [-0.39, 0.29) is 11.9 Å². The van der Waals surface area contributed by atoms with E-state index in [1.54, 1.807) is 0 Å². The van der Waals surface area contributed by atoms with E-state index in [9.17, 15) is 4.79 Å². The molecular weight excluding hydrogens is 274 g/mol. The second-order valence-corrected chi connectivity index (χ2v) is 6.03. The van der Waals surface area contributed by atoms with Gasteiger partial charge in [-0.2, -0.15) is 0 Å². The summed E-state index contributed by atoms with van der Waals surface area (Å²) < 4.78 is 0. The minimum Gasteiger partial charge on any atom is -0.327 e. The highest BCUT2D eigenvalue weighted by atomic mass is 35.5. The first kappa shape index (κ1) is 15.3. The van der Waals surface area contributed by atoms with E-state index in [0.717, 1.165) is 37.1 Å². The van der Waals surface area contributed by atoms with E-state index in [4.69, 9.17) is 17.3 Å². The Morgan fingerprint density at radius 2 is 2.25 bits per heavy atom. The fraction of sp³-hybridized carbons (Fsp3) is 0.533. The summed E-state index contributed by atoms with van der Waals surface area (Å²) in [6.45, 7) is 6.03. The van der Waals surface area contributed by atoms with Gasteiger partial charge in [0.25, 0.3) is 0 Å². The Morgan fingerprint density at radius 1 is 1.50 bits per heavy atom. The zero-order chi connectivity index (χ0) is 14.7. The Labute approximate surface area is 125 Å². The summed E-state index contributed by atoms with van der Waals surface area (Å²) in [7, 11) is 0. The minimum absolute atomic E-state index is 0.0343. The van der Waals surface area contributed by atoms with Gasteiger partial charge in [-0.25, -0.2) is 0 Å². The fourth-order valence-corrected chi connectivity index (χ4v) is 3.06. The quantitative estimate of drug-likeness (QED) is 0.900. The number of rotatable bonds is 3. The molecule has 0 aromatic heterocycles. The number of piperidine rings is 1. The molecule has 1 heterocycles. The first-order chi connectivity index (χ1) is 9.45. The van der Waals surface area contributed by atoms with Gasteiger partial charge in [0.05, 0.1) is 17.3 Å². The lowest BCUT2D eigenvalue weighted by Crippen LogP contribution is -2.45. The van der Waals surface area contributed by atoms with Crippen LogP contribution < -0.4 is 11.1 Å². The van der Waals surface area contributed by atoms with Crippen LogP contribution in [0, 0.1) is 13.8 Å². The van der Waals surface area contributed by atoms with Crippen LogP contribution in [0.2, 0.25) is 5.02 Å². The average Bonchev–Trinajstić information content (AvgIpc) is 2.33. The van der Waals surface area contributed by atoms with Gasteiger partial charge in [-0.3, -0.25) is 9.69 Å². The Morgan fingerprint density at radius 3 is 2.90 bits per heavy atom. The molecule has 0 radical (unpaired) electrons. The lowest BCUT2D eigenvalue weighted by atomic mass is 10.1. The molecule has 5 heteroatoms. The molecule has 110 valence electrons. The third kappa shape index (κ3) is 3.95. The van der Waals surface area contributed by atoms with Gasteiger partial charge < -0.3 is 11.1 Å². The van der Waals surface area contributed by atoms with Crippen molar-refractivity contribution in [3.05, 3.63) is 28.3 Å².